The minimum Gasteiger partial charge on any atom is -0.490 e. The minimum absolute atomic E-state index is 0.00967. The van der Waals surface area contributed by atoms with Crippen LogP contribution >= 0.6 is 0 Å². The maximum Gasteiger partial charge on any atom is 0.258 e. The first kappa shape index (κ1) is 29.3. The maximum absolute atomic E-state index is 14.3. The summed E-state index contributed by atoms with van der Waals surface area (Å²) in [4.78, 5) is 30.6. The Morgan fingerprint density at radius 3 is 2.60 bits per heavy atom. The van der Waals surface area contributed by atoms with Crippen molar-refractivity contribution in [3.8, 4) is 17.2 Å². The SMILES string of the molecule is CC(C)N(C(=O)c1cc(F)ccc1Oc1cncnc1N1CC2(CC(Oc3ccnc4c3CNC4)C2)C1)C1CC1.CCC. The summed E-state index contributed by atoms with van der Waals surface area (Å²) < 4.78 is 26.9. The third kappa shape index (κ3) is 6.02. The molecule has 43 heavy (non-hydrogen) atoms. The van der Waals surface area contributed by atoms with Gasteiger partial charge in [-0.3, -0.25) is 9.78 Å². The lowest BCUT2D eigenvalue weighted by atomic mass is 9.61. The van der Waals surface area contributed by atoms with Gasteiger partial charge in [0, 0.05) is 55.4 Å². The number of carbonyl (C=O) groups is 1. The Hall–Kier alpha value is -3.79. The first-order chi connectivity index (χ1) is 20.8. The second kappa shape index (κ2) is 12.1. The number of aromatic nitrogens is 3. The van der Waals surface area contributed by atoms with Crippen molar-refractivity contribution in [1.82, 2.24) is 25.2 Å². The van der Waals surface area contributed by atoms with Crippen LogP contribution in [-0.2, 0) is 13.1 Å². The predicted octanol–water partition coefficient (Wildman–Crippen LogP) is 5.88. The number of fused-ring (bicyclic) bond motifs is 1. The Labute approximate surface area is 252 Å². The molecule has 1 saturated heterocycles. The van der Waals surface area contributed by atoms with Crippen molar-refractivity contribution < 1.29 is 18.7 Å². The first-order valence-electron chi connectivity index (χ1n) is 15.5. The number of carbonyl (C=O) groups excluding carboxylic acids is 1. The van der Waals surface area contributed by atoms with Gasteiger partial charge in [-0.2, -0.15) is 0 Å². The molecule has 0 bridgehead atoms. The summed E-state index contributed by atoms with van der Waals surface area (Å²) in [6, 6.07) is 6.27. The van der Waals surface area contributed by atoms with Crippen molar-refractivity contribution in [3.63, 3.8) is 0 Å². The molecule has 0 radical (unpaired) electrons. The zero-order chi connectivity index (χ0) is 30.1. The quantitative estimate of drug-likeness (QED) is 0.349. The number of halogens is 1. The van der Waals surface area contributed by atoms with Gasteiger partial charge in [0.1, 0.15) is 29.7 Å². The van der Waals surface area contributed by atoms with Crippen LogP contribution < -0.4 is 19.7 Å². The Morgan fingerprint density at radius 1 is 1.12 bits per heavy atom. The Bertz CT molecular complexity index is 1460. The Morgan fingerprint density at radius 2 is 1.88 bits per heavy atom. The van der Waals surface area contributed by atoms with Crippen LogP contribution in [0.15, 0.2) is 43.0 Å². The highest BCUT2D eigenvalue weighted by Crippen LogP contribution is 2.52. The molecule has 1 amide bonds. The Balaban J connectivity index is 0.00000105. The van der Waals surface area contributed by atoms with E-state index in [1.54, 1.807) is 6.20 Å². The highest BCUT2D eigenvalue weighted by molar-refractivity contribution is 5.97. The van der Waals surface area contributed by atoms with Crippen LogP contribution in [-0.4, -0.2) is 57.0 Å². The largest absolute Gasteiger partial charge is 0.490 e. The topological polar surface area (TPSA) is 92.7 Å². The standard InChI is InChI=1S/C30H33FN6O3.C3H8/c1-18(2)37(20-4-5-20)29(38)22-9-19(31)3-6-25(22)40-27-14-33-17-35-28(27)36-15-30(16-36)10-21(11-30)39-26-7-8-34-24-13-32-12-23(24)26;1-3-2/h3,6-9,14,17-18,20-21,32H,4-5,10-13,15-16H2,1-2H3;3H2,1-2H3. The van der Waals surface area contributed by atoms with Crippen molar-refractivity contribution in [3.05, 3.63) is 65.6 Å². The molecular formula is C33H41FN6O3. The van der Waals surface area contributed by atoms with Gasteiger partial charge in [0.2, 0.25) is 0 Å². The summed E-state index contributed by atoms with van der Waals surface area (Å²) in [6.45, 7) is 11.5. The maximum atomic E-state index is 14.3. The van der Waals surface area contributed by atoms with Crippen LogP contribution in [0.5, 0.6) is 17.2 Å². The van der Waals surface area contributed by atoms with E-state index in [4.69, 9.17) is 9.47 Å². The summed E-state index contributed by atoms with van der Waals surface area (Å²) in [7, 11) is 0. The smallest absolute Gasteiger partial charge is 0.258 e. The van der Waals surface area contributed by atoms with Crippen LogP contribution in [0.3, 0.4) is 0 Å². The molecule has 10 heteroatoms. The van der Waals surface area contributed by atoms with Crippen molar-refractivity contribution in [2.75, 3.05) is 18.0 Å². The average molecular weight is 589 g/mol. The summed E-state index contributed by atoms with van der Waals surface area (Å²) in [5.74, 6) is 1.69. The van der Waals surface area contributed by atoms with Gasteiger partial charge in [0.25, 0.3) is 5.91 Å². The lowest BCUT2D eigenvalue weighted by molar-refractivity contribution is -0.0348. The molecular weight excluding hydrogens is 547 g/mol. The van der Waals surface area contributed by atoms with E-state index in [0.29, 0.717) is 17.3 Å². The molecule has 228 valence electrons. The van der Waals surface area contributed by atoms with Crippen LogP contribution in [0.1, 0.15) is 81.4 Å². The van der Waals surface area contributed by atoms with E-state index in [9.17, 15) is 9.18 Å². The summed E-state index contributed by atoms with van der Waals surface area (Å²) in [5, 5.41) is 3.34. The number of nitrogens with zero attached hydrogens (tertiary/aromatic N) is 5. The van der Waals surface area contributed by atoms with Gasteiger partial charge < -0.3 is 24.6 Å². The van der Waals surface area contributed by atoms with Gasteiger partial charge in [-0.25, -0.2) is 14.4 Å². The van der Waals surface area contributed by atoms with E-state index < -0.39 is 5.82 Å². The van der Waals surface area contributed by atoms with Gasteiger partial charge in [-0.05, 0) is 63.8 Å². The third-order valence-electron chi connectivity index (χ3n) is 8.45. The Kier molecular flexibility index (Phi) is 8.22. The van der Waals surface area contributed by atoms with E-state index in [1.165, 1.54) is 36.5 Å². The van der Waals surface area contributed by atoms with Crippen molar-refractivity contribution >= 4 is 11.7 Å². The molecule has 0 atom stereocenters. The molecule has 3 fully saturated rings. The van der Waals surface area contributed by atoms with Crippen LogP contribution in [0.2, 0.25) is 0 Å². The van der Waals surface area contributed by atoms with Crippen molar-refractivity contribution in [2.24, 2.45) is 5.41 Å². The molecule has 4 aliphatic rings. The van der Waals surface area contributed by atoms with E-state index >= 15 is 0 Å². The second-order valence-corrected chi connectivity index (χ2v) is 12.5. The fourth-order valence-corrected chi connectivity index (χ4v) is 6.42. The van der Waals surface area contributed by atoms with Crippen LogP contribution in [0, 0.1) is 11.2 Å². The lowest BCUT2D eigenvalue weighted by Crippen LogP contribution is -2.65. The van der Waals surface area contributed by atoms with Gasteiger partial charge in [0.15, 0.2) is 11.6 Å². The fraction of sp³-hybridized carbons (Fsp3) is 0.515. The number of ether oxygens (including phenoxy) is 2. The van der Waals surface area contributed by atoms with E-state index in [2.05, 4.69) is 39.0 Å². The normalized spacial score (nSPS) is 18.3. The zero-order valence-corrected chi connectivity index (χ0v) is 25.5. The third-order valence-corrected chi connectivity index (χ3v) is 8.45. The molecule has 2 aromatic heterocycles. The summed E-state index contributed by atoms with van der Waals surface area (Å²) in [5.41, 5.74) is 2.66. The minimum atomic E-state index is -0.473. The molecule has 0 unspecified atom stereocenters. The average Bonchev–Trinajstić information content (AvgIpc) is 3.64. The highest BCUT2D eigenvalue weighted by atomic mass is 19.1. The number of nitrogens with one attached hydrogen (secondary N) is 1. The molecule has 4 heterocycles. The van der Waals surface area contributed by atoms with Crippen LogP contribution in [0.4, 0.5) is 10.2 Å². The van der Waals surface area contributed by atoms with Gasteiger partial charge >= 0.3 is 0 Å². The lowest BCUT2D eigenvalue weighted by Gasteiger charge is -2.58. The number of benzene rings is 1. The molecule has 1 N–H and O–H groups in total. The fourth-order valence-electron chi connectivity index (χ4n) is 6.42. The molecule has 3 aromatic rings. The predicted molar refractivity (Wildman–Crippen MR) is 162 cm³/mol. The molecule has 2 aliphatic carbocycles. The second-order valence-electron chi connectivity index (χ2n) is 12.5. The molecule has 9 nitrogen and oxygen atoms in total. The molecule has 2 aliphatic heterocycles. The number of anilines is 1. The number of rotatable bonds is 8. The van der Waals surface area contributed by atoms with E-state index in [-0.39, 0.29) is 35.1 Å². The zero-order valence-electron chi connectivity index (χ0n) is 25.5. The number of amides is 1. The van der Waals surface area contributed by atoms with E-state index in [0.717, 1.165) is 63.3 Å². The molecule has 7 rings (SSSR count). The van der Waals surface area contributed by atoms with Crippen molar-refractivity contribution in [2.45, 2.75) is 91.1 Å². The van der Waals surface area contributed by atoms with Crippen LogP contribution in [0.25, 0.3) is 0 Å². The van der Waals surface area contributed by atoms with E-state index in [1.807, 2.05) is 31.0 Å². The molecule has 2 saturated carbocycles. The first-order valence-corrected chi connectivity index (χ1v) is 15.5. The number of hydrogen-bond donors (Lipinski definition) is 1. The van der Waals surface area contributed by atoms with Gasteiger partial charge in [-0.1, -0.05) is 20.3 Å². The highest BCUT2D eigenvalue weighted by Gasteiger charge is 2.54. The molecule has 1 spiro atoms. The van der Waals surface area contributed by atoms with Crippen molar-refractivity contribution in [1.29, 1.82) is 0 Å². The summed E-state index contributed by atoms with van der Waals surface area (Å²) >= 11 is 0. The summed E-state index contributed by atoms with van der Waals surface area (Å²) in [6.07, 6.45) is 10.3. The number of pyridine rings is 1. The van der Waals surface area contributed by atoms with Gasteiger partial charge in [0.05, 0.1) is 17.5 Å². The monoisotopic (exact) mass is 588 g/mol. The molecule has 1 aromatic carbocycles. The number of hydrogen-bond acceptors (Lipinski definition) is 8. The van der Waals surface area contributed by atoms with Gasteiger partial charge in [-0.15, -0.1) is 0 Å².